The zero-order chi connectivity index (χ0) is 16.3. The van der Waals surface area contributed by atoms with Crippen LogP contribution in [-0.2, 0) is 4.79 Å². The molecule has 0 heterocycles. The number of ether oxygens (including phenoxy) is 1. The van der Waals surface area contributed by atoms with E-state index in [9.17, 15) is 9.59 Å². The first-order valence-corrected chi connectivity index (χ1v) is 7.70. The van der Waals surface area contributed by atoms with Gasteiger partial charge in [-0.15, -0.1) is 0 Å². The molecule has 1 aromatic carbocycles. The van der Waals surface area contributed by atoms with Crippen molar-refractivity contribution in [1.29, 1.82) is 0 Å². The molecule has 1 fully saturated rings. The second kappa shape index (κ2) is 6.81. The topological polar surface area (TPSA) is 66.8 Å². The molecule has 0 radical (unpaired) electrons. The van der Waals surface area contributed by atoms with Crippen LogP contribution >= 0.6 is 0 Å². The lowest BCUT2D eigenvalue weighted by atomic mass is 10.0. The SMILES string of the molecule is CCCN(C(=O)c1cc(C)c(OCC(=O)O)c(C)c1)C1CC1. The third-order valence-electron chi connectivity index (χ3n) is 3.76. The number of aliphatic carboxylic acids is 1. The highest BCUT2D eigenvalue weighted by atomic mass is 16.5. The van der Waals surface area contributed by atoms with Gasteiger partial charge in [0.1, 0.15) is 5.75 Å². The molecule has 1 N–H and O–H groups in total. The Hall–Kier alpha value is -2.04. The average molecular weight is 305 g/mol. The van der Waals surface area contributed by atoms with E-state index in [2.05, 4.69) is 6.92 Å². The molecule has 0 spiro atoms. The molecule has 1 aliphatic carbocycles. The van der Waals surface area contributed by atoms with Crippen molar-refractivity contribution in [2.24, 2.45) is 0 Å². The third kappa shape index (κ3) is 3.78. The molecular weight excluding hydrogens is 282 g/mol. The van der Waals surface area contributed by atoms with E-state index in [0.29, 0.717) is 17.4 Å². The summed E-state index contributed by atoms with van der Waals surface area (Å²) in [5.74, 6) is -0.408. The van der Waals surface area contributed by atoms with Crippen LogP contribution in [0.5, 0.6) is 5.75 Å². The third-order valence-corrected chi connectivity index (χ3v) is 3.76. The highest BCUT2D eigenvalue weighted by Gasteiger charge is 2.32. The number of aryl methyl sites for hydroxylation is 2. The summed E-state index contributed by atoms with van der Waals surface area (Å²) in [6, 6.07) is 3.96. The number of amides is 1. The fourth-order valence-corrected chi connectivity index (χ4v) is 2.68. The number of hydrogen-bond donors (Lipinski definition) is 1. The van der Waals surface area contributed by atoms with Crippen molar-refractivity contribution in [3.8, 4) is 5.75 Å². The van der Waals surface area contributed by atoms with Crippen LogP contribution in [-0.4, -0.2) is 41.1 Å². The molecule has 22 heavy (non-hydrogen) atoms. The largest absolute Gasteiger partial charge is 0.481 e. The number of carbonyl (C=O) groups is 2. The summed E-state index contributed by atoms with van der Waals surface area (Å²) >= 11 is 0. The molecule has 0 aromatic heterocycles. The molecule has 1 saturated carbocycles. The van der Waals surface area contributed by atoms with Crippen molar-refractivity contribution in [1.82, 2.24) is 4.90 Å². The molecule has 0 aliphatic heterocycles. The Labute approximate surface area is 130 Å². The Morgan fingerprint density at radius 1 is 1.27 bits per heavy atom. The highest BCUT2D eigenvalue weighted by Crippen LogP contribution is 2.30. The zero-order valence-electron chi connectivity index (χ0n) is 13.4. The molecule has 0 saturated heterocycles. The van der Waals surface area contributed by atoms with Gasteiger partial charge in [0, 0.05) is 18.2 Å². The van der Waals surface area contributed by atoms with Crippen LogP contribution in [0.1, 0.15) is 47.7 Å². The van der Waals surface area contributed by atoms with E-state index in [1.54, 1.807) is 12.1 Å². The highest BCUT2D eigenvalue weighted by molar-refractivity contribution is 5.95. The number of nitrogens with zero attached hydrogens (tertiary/aromatic N) is 1. The lowest BCUT2D eigenvalue weighted by Gasteiger charge is -2.22. The second-order valence-corrected chi connectivity index (χ2v) is 5.85. The van der Waals surface area contributed by atoms with Crippen LogP contribution in [0.15, 0.2) is 12.1 Å². The molecular formula is C17H23NO4. The van der Waals surface area contributed by atoms with Crippen molar-refractivity contribution in [3.63, 3.8) is 0 Å². The summed E-state index contributed by atoms with van der Waals surface area (Å²) in [5, 5.41) is 8.71. The van der Waals surface area contributed by atoms with Crippen molar-refractivity contribution in [2.45, 2.75) is 46.1 Å². The van der Waals surface area contributed by atoms with Crippen LogP contribution < -0.4 is 4.74 Å². The Morgan fingerprint density at radius 2 is 1.86 bits per heavy atom. The van der Waals surface area contributed by atoms with E-state index in [-0.39, 0.29) is 12.5 Å². The molecule has 1 aromatic rings. The first-order valence-electron chi connectivity index (χ1n) is 7.70. The first-order chi connectivity index (χ1) is 10.4. The molecule has 5 nitrogen and oxygen atoms in total. The molecule has 0 unspecified atom stereocenters. The number of rotatable bonds is 7. The van der Waals surface area contributed by atoms with Crippen LogP contribution in [0, 0.1) is 13.8 Å². The summed E-state index contributed by atoms with van der Waals surface area (Å²) in [4.78, 5) is 25.3. The molecule has 2 rings (SSSR count). The first kappa shape index (κ1) is 16.3. The zero-order valence-corrected chi connectivity index (χ0v) is 13.4. The monoisotopic (exact) mass is 305 g/mol. The Balaban J connectivity index is 2.21. The van der Waals surface area contributed by atoms with Gasteiger partial charge in [-0.3, -0.25) is 4.79 Å². The minimum absolute atomic E-state index is 0.0559. The maximum Gasteiger partial charge on any atom is 0.341 e. The summed E-state index contributed by atoms with van der Waals surface area (Å²) in [6.45, 7) is 6.14. The standard InChI is InChI=1S/C17H23NO4/c1-4-7-18(14-5-6-14)17(21)13-8-11(2)16(12(3)9-13)22-10-15(19)20/h8-9,14H,4-7,10H2,1-3H3,(H,19,20). The minimum Gasteiger partial charge on any atom is -0.481 e. The summed E-state index contributed by atoms with van der Waals surface area (Å²) in [6.07, 6.45) is 3.12. The maximum absolute atomic E-state index is 12.7. The summed E-state index contributed by atoms with van der Waals surface area (Å²) in [7, 11) is 0. The molecule has 1 amide bonds. The van der Waals surface area contributed by atoms with Crippen LogP contribution in [0.25, 0.3) is 0 Å². The average Bonchev–Trinajstić information content (AvgIpc) is 3.27. The van der Waals surface area contributed by atoms with E-state index in [1.165, 1.54) is 0 Å². The quantitative estimate of drug-likeness (QED) is 0.841. The summed E-state index contributed by atoms with van der Waals surface area (Å²) < 4.78 is 5.31. The van der Waals surface area contributed by atoms with Gasteiger partial charge in [-0.2, -0.15) is 0 Å². The van der Waals surface area contributed by atoms with Crippen LogP contribution in [0.3, 0.4) is 0 Å². The lowest BCUT2D eigenvalue weighted by Crippen LogP contribution is -2.33. The van der Waals surface area contributed by atoms with Crippen molar-refractivity contribution in [3.05, 3.63) is 28.8 Å². The predicted octanol–water partition coefficient (Wildman–Crippen LogP) is 2.78. The Kier molecular flexibility index (Phi) is 5.06. The van der Waals surface area contributed by atoms with Gasteiger partial charge < -0.3 is 14.7 Å². The number of hydrogen-bond acceptors (Lipinski definition) is 3. The maximum atomic E-state index is 12.7. The van der Waals surface area contributed by atoms with Crippen molar-refractivity contribution < 1.29 is 19.4 Å². The van der Waals surface area contributed by atoms with Crippen LogP contribution in [0.4, 0.5) is 0 Å². The van der Waals surface area contributed by atoms with Gasteiger partial charge >= 0.3 is 5.97 Å². The van der Waals surface area contributed by atoms with E-state index >= 15 is 0 Å². The van der Waals surface area contributed by atoms with Gasteiger partial charge in [0.25, 0.3) is 5.91 Å². The van der Waals surface area contributed by atoms with Crippen molar-refractivity contribution in [2.75, 3.05) is 13.2 Å². The molecule has 5 heteroatoms. The van der Waals surface area contributed by atoms with E-state index in [1.807, 2.05) is 18.7 Å². The van der Waals surface area contributed by atoms with Gasteiger partial charge in [-0.25, -0.2) is 4.79 Å². The molecule has 0 atom stereocenters. The fraction of sp³-hybridized carbons (Fsp3) is 0.529. The van der Waals surface area contributed by atoms with Crippen LogP contribution in [0.2, 0.25) is 0 Å². The van der Waals surface area contributed by atoms with Gasteiger partial charge in [0.05, 0.1) is 0 Å². The summed E-state index contributed by atoms with van der Waals surface area (Å²) in [5.41, 5.74) is 2.23. The van der Waals surface area contributed by atoms with Gasteiger partial charge in [-0.1, -0.05) is 6.92 Å². The van der Waals surface area contributed by atoms with E-state index < -0.39 is 5.97 Å². The smallest absolute Gasteiger partial charge is 0.341 e. The van der Waals surface area contributed by atoms with Crippen molar-refractivity contribution >= 4 is 11.9 Å². The number of carbonyl (C=O) groups excluding carboxylic acids is 1. The number of carboxylic acids is 1. The lowest BCUT2D eigenvalue weighted by molar-refractivity contribution is -0.139. The number of benzene rings is 1. The van der Waals surface area contributed by atoms with Gasteiger partial charge in [0.15, 0.2) is 6.61 Å². The van der Waals surface area contributed by atoms with Gasteiger partial charge in [-0.05, 0) is 56.4 Å². The number of carboxylic acid groups (broad SMARTS) is 1. The molecule has 1 aliphatic rings. The fourth-order valence-electron chi connectivity index (χ4n) is 2.68. The molecule has 0 bridgehead atoms. The Bertz CT molecular complexity index is 555. The second-order valence-electron chi connectivity index (χ2n) is 5.85. The van der Waals surface area contributed by atoms with E-state index in [0.717, 1.165) is 36.9 Å². The predicted molar refractivity (Wildman–Crippen MR) is 83.4 cm³/mol. The molecule has 120 valence electrons. The minimum atomic E-state index is -1.01. The van der Waals surface area contributed by atoms with E-state index in [4.69, 9.17) is 9.84 Å². The van der Waals surface area contributed by atoms with Gasteiger partial charge in [0.2, 0.25) is 0 Å². The normalized spacial score (nSPS) is 13.8. The Morgan fingerprint density at radius 3 is 2.32 bits per heavy atom.